The first-order chi connectivity index (χ1) is 12.3. The molecule has 0 aliphatic carbocycles. The van der Waals surface area contributed by atoms with Crippen molar-refractivity contribution in [3.63, 3.8) is 0 Å². The summed E-state index contributed by atoms with van der Waals surface area (Å²) in [6.07, 6.45) is 0.489. The van der Waals surface area contributed by atoms with Crippen molar-refractivity contribution in [1.29, 1.82) is 0 Å². The van der Waals surface area contributed by atoms with E-state index < -0.39 is 14.9 Å². The topological polar surface area (TPSA) is 111 Å². The van der Waals surface area contributed by atoms with Gasteiger partial charge >= 0.3 is 0 Å². The zero-order valence-corrected chi connectivity index (χ0v) is 15.4. The number of nitro groups is 1. The lowest BCUT2D eigenvalue weighted by molar-refractivity contribution is -0.385. The maximum absolute atomic E-state index is 12.4. The van der Waals surface area contributed by atoms with Crippen molar-refractivity contribution in [2.75, 3.05) is 7.11 Å². The van der Waals surface area contributed by atoms with Crippen molar-refractivity contribution in [2.45, 2.75) is 25.2 Å². The number of hydrazone groups is 1. The molecule has 0 aromatic heterocycles. The standard InChI is InChI=1S/C17H19N3O5S/c1-4-16(13-6-8-14(25-3)9-7-13)18-19-26(23,24)15-10-5-12(2)17(11-15)20(21)22/h5-11,19H,4H2,1-3H3/b18-16-. The van der Waals surface area contributed by atoms with E-state index in [1.54, 1.807) is 38.3 Å². The molecule has 0 spiro atoms. The lowest BCUT2D eigenvalue weighted by Gasteiger charge is -2.08. The number of methoxy groups -OCH3 is 1. The van der Waals surface area contributed by atoms with Crippen molar-refractivity contribution in [3.05, 3.63) is 63.7 Å². The summed E-state index contributed by atoms with van der Waals surface area (Å²) in [7, 11) is -2.47. The molecule has 0 fully saturated rings. The van der Waals surface area contributed by atoms with Crippen LogP contribution in [-0.2, 0) is 10.0 Å². The lowest BCUT2D eigenvalue weighted by Crippen LogP contribution is -2.20. The Morgan fingerprint density at radius 2 is 1.88 bits per heavy atom. The normalized spacial score (nSPS) is 11.9. The van der Waals surface area contributed by atoms with E-state index >= 15 is 0 Å². The van der Waals surface area contributed by atoms with Crippen LogP contribution in [0.15, 0.2) is 52.5 Å². The fourth-order valence-corrected chi connectivity index (χ4v) is 3.10. The Balaban J connectivity index is 2.30. The molecule has 2 rings (SSSR count). The number of nitro benzene ring substituents is 1. The van der Waals surface area contributed by atoms with E-state index in [9.17, 15) is 18.5 Å². The second-order valence-electron chi connectivity index (χ2n) is 5.44. The van der Waals surface area contributed by atoms with E-state index in [0.717, 1.165) is 11.6 Å². The van der Waals surface area contributed by atoms with Gasteiger partial charge in [0.25, 0.3) is 15.7 Å². The highest BCUT2D eigenvalue weighted by Crippen LogP contribution is 2.22. The Morgan fingerprint density at radius 1 is 1.23 bits per heavy atom. The molecule has 0 radical (unpaired) electrons. The summed E-state index contributed by atoms with van der Waals surface area (Å²) in [5, 5.41) is 15.0. The van der Waals surface area contributed by atoms with Crippen molar-refractivity contribution in [3.8, 4) is 5.75 Å². The third-order valence-electron chi connectivity index (χ3n) is 3.75. The summed E-state index contributed by atoms with van der Waals surface area (Å²) < 4.78 is 29.9. The third-order valence-corrected chi connectivity index (χ3v) is 4.95. The van der Waals surface area contributed by atoms with Crippen molar-refractivity contribution < 1.29 is 18.1 Å². The van der Waals surface area contributed by atoms with Gasteiger partial charge in [-0.1, -0.05) is 13.0 Å². The molecule has 8 nitrogen and oxygen atoms in total. The minimum atomic E-state index is -4.03. The van der Waals surface area contributed by atoms with Gasteiger partial charge < -0.3 is 4.74 Å². The molecule has 2 aromatic rings. The quantitative estimate of drug-likeness (QED) is 0.453. The number of ether oxygens (including phenoxy) is 1. The minimum absolute atomic E-state index is 0.219. The molecular weight excluding hydrogens is 358 g/mol. The summed E-state index contributed by atoms with van der Waals surface area (Å²) in [5.41, 5.74) is 1.39. The molecule has 9 heteroatoms. The first kappa shape index (κ1) is 19.4. The summed E-state index contributed by atoms with van der Waals surface area (Å²) >= 11 is 0. The van der Waals surface area contributed by atoms with Crippen LogP contribution in [-0.4, -0.2) is 26.2 Å². The van der Waals surface area contributed by atoms with E-state index in [4.69, 9.17) is 4.74 Å². The van der Waals surface area contributed by atoms with Crippen molar-refractivity contribution in [2.24, 2.45) is 5.10 Å². The Hall–Kier alpha value is -2.94. The monoisotopic (exact) mass is 377 g/mol. The van der Waals surface area contributed by atoms with Crippen LogP contribution in [0.2, 0.25) is 0 Å². The van der Waals surface area contributed by atoms with Crippen LogP contribution in [0.3, 0.4) is 0 Å². The molecular formula is C17H19N3O5S. The summed E-state index contributed by atoms with van der Waals surface area (Å²) in [6, 6.07) is 10.8. The number of rotatable bonds is 7. The third kappa shape index (κ3) is 4.37. The average molecular weight is 377 g/mol. The molecule has 0 aliphatic heterocycles. The fraction of sp³-hybridized carbons (Fsp3) is 0.235. The molecule has 0 unspecified atom stereocenters. The Kier molecular flexibility index (Phi) is 5.93. The maximum Gasteiger partial charge on any atom is 0.276 e. The largest absolute Gasteiger partial charge is 0.497 e. The van der Waals surface area contributed by atoms with Gasteiger partial charge in [-0.15, -0.1) is 0 Å². The van der Waals surface area contributed by atoms with Gasteiger partial charge in [0.1, 0.15) is 5.75 Å². The van der Waals surface area contributed by atoms with Crippen LogP contribution in [0.25, 0.3) is 0 Å². The first-order valence-corrected chi connectivity index (χ1v) is 9.24. The molecule has 1 N–H and O–H groups in total. The van der Waals surface area contributed by atoms with E-state index in [0.29, 0.717) is 23.4 Å². The number of sulfonamides is 1. The van der Waals surface area contributed by atoms with Crippen molar-refractivity contribution in [1.82, 2.24) is 4.83 Å². The summed E-state index contributed by atoms with van der Waals surface area (Å²) in [4.78, 5) is 12.3. The second kappa shape index (κ2) is 7.96. The molecule has 26 heavy (non-hydrogen) atoms. The average Bonchev–Trinajstić information content (AvgIpc) is 2.62. The van der Waals surface area contributed by atoms with Crippen LogP contribution in [0.5, 0.6) is 5.75 Å². The predicted molar refractivity (Wildman–Crippen MR) is 98.0 cm³/mol. The highest BCUT2D eigenvalue weighted by atomic mass is 32.2. The smallest absolute Gasteiger partial charge is 0.276 e. The van der Waals surface area contributed by atoms with E-state index in [2.05, 4.69) is 9.93 Å². The molecule has 0 saturated carbocycles. The number of hydrogen-bond donors (Lipinski definition) is 1. The highest BCUT2D eigenvalue weighted by molar-refractivity contribution is 7.89. The van der Waals surface area contributed by atoms with E-state index in [-0.39, 0.29) is 10.6 Å². The first-order valence-electron chi connectivity index (χ1n) is 7.76. The number of benzene rings is 2. The SMILES string of the molecule is CC/C(=N/NS(=O)(=O)c1ccc(C)c([N+](=O)[O-])c1)c1ccc(OC)cc1. The molecule has 138 valence electrons. The van der Waals surface area contributed by atoms with E-state index in [1.165, 1.54) is 12.1 Å². The number of hydrogen-bond acceptors (Lipinski definition) is 6. The molecule has 0 heterocycles. The van der Waals surface area contributed by atoms with Gasteiger partial charge in [-0.2, -0.15) is 18.4 Å². The zero-order chi connectivity index (χ0) is 19.3. The molecule has 0 amide bonds. The summed E-state index contributed by atoms with van der Waals surface area (Å²) in [5.74, 6) is 0.678. The Labute approximate surface area is 151 Å². The summed E-state index contributed by atoms with van der Waals surface area (Å²) in [6.45, 7) is 3.38. The zero-order valence-electron chi connectivity index (χ0n) is 14.6. The molecule has 0 aliphatic rings. The lowest BCUT2D eigenvalue weighted by atomic mass is 10.1. The number of aryl methyl sites for hydroxylation is 1. The molecule has 0 atom stereocenters. The van der Waals surface area contributed by atoms with Gasteiger partial charge in [-0.05, 0) is 49.2 Å². The molecule has 0 saturated heterocycles. The van der Waals surface area contributed by atoms with Gasteiger partial charge in [0.2, 0.25) is 0 Å². The molecule has 2 aromatic carbocycles. The van der Waals surface area contributed by atoms with Gasteiger partial charge in [0.15, 0.2) is 0 Å². The highest BCUT2D eigenvalue weighted by Gasteiger charge is 2.19. The van der Waals surface area contributed by atoms with Crippen LogP contribution in [0.1, 0.15) is 24.5 Å². The Morgan fingerprint density at radius 3 is 2.42 bits per heavy atom. The van der Waals surface area contributed by atoms with E-state index in [1.807, 2.05) is 6.92 Å². The van der Waals surface area contributed by atoms with Crippen LogP contribution >= 0.6 is 0 Å². The predicted octanol–water partition coefficient (Wildman–Crippen LogP) is 3.00. The van der Waals surface area contributed by atoms with Gasteiger partial charge in [0, 0.05) is 11.6 Å². The van der Waals surface area contributed by atoms with Crippen LogP contribution in [0.4, 0.5) is 5.69 Å². The number of nitrogens with zero attached hydrogens (tertiary/aromatic N) is 2. The maximum atomic E-state index is 12.4. The van der Waals surface area contributed by atoms with Crippen LogP contribution < -0.4 is 9.57 Å². The van der Waals surface area contributed by atoms with Gasteiger partial charge in [0.05, 0.1) is 22.6 Å². The van der Waals surface area contributed by atoms with Gasteiger partial charge in [-0.25, -0.2) is 0 Å². The number of nitrogens with one attached hydrogen (secondary N) is 1. The molecule has 0 bridgehead atoms. The Bertz CT molecular complexity index is 937. The second-order valence-corrected chi connectivity index (χ2v) is 7.10. The van der Waals surface area contributed by atoms with Gasteiger partial charge in [-0.3, -0.25) is 10.1 Å². The van der Waals surface area contributed by atoms with Crippen molar-refractivity contribution >= 4 is 21.4 Å². The van der Waals surface area contributed by atoms with Crippen LogP contribution in [0, 0.1) is 17.0 Å². The minimum Gasteiger partial charge on any atom is -0.497 e. The fourth-order valence-electron chi connectivity index (χ4n) is 2.25.